The molecule has 3 heterocycles. The van der Waals surface area contributed by atoms with E-state index in [4.69, 9.17) is 9.47 Å². The van der Waals surface area contributed by atoms with Crippen molar-refractivity contribution in [1.82, 2.24) is 9.88 Å². The van der Waals surface area contributed by atoms with Crippen LogP contribution in [-0.4, -0.2) is 47.7 Å². The lowest BCUT2D eigenvalue weighted by Crippen LogP contribution is -2.67. The number of rotatable bonds is 4. The minimum atomic E-state index is -0.172. The number of aromatic nitrogens is 1. The highest BCUT2D eigenvalue weighted by molar-refractivity contribution is 5.80. The Labute approximate surface area is 130 Å². The Morgan fingerprint density at radius 1 is 1.36 bits per heavy atom. The van der Waals surface area contributed by atoms with Gasteiger partial charge in [-0.2, -0.15) is 0 Å². The van der Waals surface area contributed by atoms with Crippen molar-refractivity contribution in [2.45, 2.75) is 31.3 Å². The molecular formula is C17H22N2O3. The Hall–Kier alpha value is -1.62. The van der Waals surface area contributed by atoms with Gasteiger partial charge < -0.3 is 14.4 Å². The summed E-state index contributed by atoms with van der Waals surface area (Å²) in [5.74, 6) is 1.62. The summed E-state index contributed by atoms with van der Waals surface area (Å²) in [6, 6.07) is 5.67. The third kappa shape index (κ3) is 2.37. The second-order valence-electron chi connectivity index (χ2n) is 6.70. The van der Waals surface area contributed by atoms with E-state index in [2.05, 4.69) is 4.98 Å². The molecule has 3 fully saturated rings. The zero-order chi connectivity index (χ0) is 15.0. The van der Waals surface area contributed by atoms with Crippen molar-refractivity contribution in [2.75, 3.05) is 26.3 Å². The normalized spacial score (nSPS) is 26.5. The van der Waals surface area contributed by atoms with Crippen molar-refractivity contribution >= 4 is 5.91 Å². The summed E-state index contributed by atoms with van der Waals surface area (Å²) in [5, 5.41) is 0. The molecule has 118 valence electrons. The van der Waals surface area contributed by atoms with Crippen molar-refractivity contribution in [2.24, 2.45) is 11.8 Å². The average molecular weight is 302 g/mol. The molecular weight excluding hydrogens is 280 g/mol. The molecule has 0 N–H and O–H groups in total. The molecule has 5 heteroatoms. The third-order valence-electron chi connectivity index (χ3n) is 5.35. The van der Waals surface area contributed by atoms with E-state index in [1.165, 1.54) is 6.42 Å². The third-order valence-corrected chi connectivity index (χ3v) is 5.35. The summed E-state index contributed by atoms with van der Waals surface area (Å²) >= 11 is 0. The first-order valence-corrected chi connectivity index (χ1v) is 8.23. The first-order valence-electron chi connectivity index (χ1n) is 8.23. The SMILES string of the molecule is O=C(C1CCC1)N1CC2(C1)OCC[C@@H]2COc1ccccn1. The molecule has 2 aliphatic heterocycles. The van der Waals surface area contributed by atoms with Gasteiger partial charge in [0.1, 0.15) is 5.60 Å². The van der Waals surface area contributed by atoms with Crippen LogP contribution in [0.25, 0.3) is 0 Å². The summed E-state index contributed by atoms with van der Waals surface area (Å²) in [4.78, 5) is 18.4. The molecule has 4 rings (SSSR count). The molecule has 1 saturated carbocycles. The summed E-state index contributed by atoms with van der Waals surface area (Å²) in [7, 11) is 0. The number of nitrogens with zero attached hydrogens (tertiary/aromatic N) is 2. The van der Waals surface area contributed by atoms with Gasteiger partial charge in [-0.15, -0.1) is 0 Å². The largest absolute Gasteiger partial charge is 0.477 e. The van der Waals surface area contributed by atoms with Crippen LogP contribution in [0.5, 0.6) is 5.88 Å². The van der Waals surface area contributed by atoms with Crippen molar-refractivity contribution < 1.29 is 14.3 Å². The molecule has 5 nitrogen and oxygen atoms in total. The topological polar surface area (TPSA) is 51.7 Å². The molecule has 1 aromatic heterocycles. The molecule has 0 aromatic carbocycles. The summed E-state index contributed by atoms with van der Waals surface area (Å²) in [5.41, 5.74) is -0.172. The van der Waals surface area contributed by atoms with E-state index >= 15 is 0 Å². The van der Waals surface area contributed by atoms with Gasteiger partial charge in [0, 0.05) is 30.7 Å². The molecule has 1 aromatic rings. The van der Waals surface area contributed by atoms with E-state index in [1.54, 1.807) is 6.20 Å². The summed E-state index contributed by atoms with van der Waals surface area (Å²) in [6.45, 7) is 2.85. The van der Waals surface area contributed by atoms with Crippen molar-refractivity contribution in [3.05, 3.63) is 24.4 Å². The van der Waals surface area contributed by atoms with Crippen LogP contribution in [0.15, 0.2) is 24.4 Å². The number of amides is 1. The number of hydrogen-bond donors (Lipinski definition) is 0. The standard InChI is InChI=1S/C17H22N2O3/c20-16(13-4-3-5-13)19-11-17(12-19)14(7-9-22-17)10-21-15-6-1-2-8-18-15/h1-2,6,8,13-14H,3-5,7,9-12H2/t14-/m1/s1. The van der Waals surface area contributed by atoms with Crippen molar-refractivity contribution in [1.29, 1.82) is 0 Å². The van der Waals surface area contributed by atoms with Gasteiger partial charge in [0.25, 0.3) is 0 Å². The number of pyridine rings is 1. The molecule has 0 radical (unpaired) electrons. The van der Waals surface area contributed by atoms with Crippen molar-refractivity contribution in [3.63, 3.8) is 0 Å². The van der Waals surface area contributed by atoms with E-state index in [1.807, 2.05) is 23.1 Å². The number of carbonyl (C=O) groups is 1. The van der Waals surface area contributed by atoms with Crippen LogP contribution in [0, 0.1) is 11.8 Å². The Kier molecular flexibility index (Phi) is 3.53. The Bertz CT molecular complexity index is 538. The number of ether oxygens (including phenoxy) is 2. The Morgan fingerprint density at radius 3 is 2.91 bits per heavy atom. The second kappa shape index (κ2) is 5.54. The number of hydrogen-bond acceptors (Lipinski definition) is 4. The van der Waals surface area contributed by atoms with Gasteiger partial charge in [-0.3, -0.25) is 4.79 Å². The van der Waals surface area contributed by atoms with Crippen LogP contribution in [0.1, 0.15) is 25.7 Å². The highest BCUT2D eigenvalue weighted by Gasteiger charge is 2.55. The van der Waals surface area contributed by atoms with Gasteiger partial charge in [0.2, 0.25) is 11.8 Å². The van der Waals surface area contributed by atoms with Crippen LogP contribution in [0.2, 0.25) is 0 Å². The smallest absolute Gasteiger partial charge is 0.225 e. The van der Waals surface area contributed by atoms with Crippen molar-refractivity contribution in [3.8, 4) is 5.88 Å². The zero-order valence-corrected chi connectivity index (χ0v) is 12.7. The summed E-state index contributed by atoms with van der Waals surface area (Å²) < 4.78 is 11.8. The number of likely N-dealkylation sites (tertiary alicyclic amines) is 1. The Balaban J connectivity index is 1.33. The maximum Gasteiger partial charge on any atom is 0.225 e. The quantitative estimate of drug-likeness (QED) is 0.852. The first-order chi connectivity index (χ1) is 10.8. The lowest BCUT2D eigenvalue weighted by molar-refractivity contribution is -0.172. The summed E-state index contributed by atoms with van der Waals surface area (Å²) in [6.07, 6.45) is 6.06. The van der Waals surface area contributed by atoms with E-state index in [9.17, 15) is 4.79 Å². The molecule has 1 atom stereocenters. The lowest BCUT2D eigenvalue weighted by atomic mass is 9.78. The van der Waals surface area contributed by atoms with Gasteiger partial charge in [-0.05, 0) is 25.3 Å². The maximum atomic E-state index is 12.3. The fourth-order valence-electron chi connectivity index (χ4n) is 3.66. The highest BCUT2D eigenvalue weighted by atomic mass is 16.5. The van der Waals surface area contributed by atoms with Gasteiger partial charge in [-0.25, -0.2) is 4.98 Å². The monoisotopic (exact) mass is 302 g/mol. The zero-order valence-electron chi connectivity index (χ0n) is 12.7. The number of carbonyl (C=O) groups excluding carboxylic acids is 1. The van der Waals surface area contributed by atoms with Gasteiger partial charge in [0.15, 0.2) is 0 Å². The van der Waals surface area contributed by atoms with E-state index in [-0.39, 0.29) is 11.5 Å². The van der Waals surface area contributed by atoms with Gasteiger partial charge >= 0.3 is 0 Å². The predicted molar refractivity (Wildman–Crippen MR) is 80.4 cm³/mol. The van der Waals surface area contributed by atoms with E-state index in [0.717, 1.165) is 39.0 Å². The van der Waals surface area contributed by atoms with Gasteiger partial charge in [-0.1, -0.05) is 12.5 Å². The van der Waals surface area contributed by atoms with Crippen LogP contribution in [-0.2, 0) is 9.53 Å². The van der Waals surface area contributed by atoms with Crippen LogP contribution >= 0.6 is 0 Å². The minimum Gasteiger partial charge on any atom is -0.477 e. The highest BCUT2D eigenvalue weighted by Crippen LogP contribution is 2.42. The molecule has 1 amide bonds. The van der Waals surface area contributed by atoms with Crippen LogP contribution < -0.4 is 4.74 Å². The first kappa shape index (κ1) is 14.0. The fraction of sp³-hybridized carbons (Fsp3) is 0.647. The molecule has 22 heavy (non-hydrogen) atoms. The molecule has 0 unspecified atom stereocenters. The Morgan fingerprint density at radius 2 is 2.23 bits per heavy atom. The molecule has 3 aliphatic rings. The molecule has 1 aliphatic carbocycles. The fourth-order valence-corrected chi connectivity index (χ4v) is 3.66. The molecule has 2 saturated heterocycles. The van der Waals surface area contributed by atoms with Crippen LogP contribution in [0.4, 0.5) is 0 Å². The minimum absolute atomic E-state index is 0.172. The van der Waals surface area contributed by atoms with E-state index in [0.29, 0.717) is 24.3 Å². The maximum absolute atomic E-state index is 12.3. The van der Waals surface area contributed by atoms with Crippen LogP contribution in [0.3, 0.4) is 0 Å². The van der Waals surface area contributed by atoms with Gasteiger partial charge in [0.05, 0.1) is 19.7 Å². The molecule has 0 bridgehead atoms. The lowest BCUT2D eigenvalue weighted by Gasteiger charge is -2.51. The van der Waals surface area contributed by atoms with E-state index < -0.39 is 0 Å². The second-order valence-corrected chi connectivity index (χ2v) is 6.70. The average Bonchev–Trinajstić information content (AvgIpc) is 2.86. The predicted octanol–water partition coefficient (Wildman–Crippen LogP) is 1.88. The molecule has 1 spiro atoms.